The molecule has 7 aromatic rings. The van der Waals surface area contributed by atoms with E-state index in [9.17, 15) is 5.26 Å². The van der Waals surface area contributed by atoms with Crippen LogP contribution in [0, 0.1) is 17.9 Å². The summed E-state index contributed by atoms with van der Waals surface area (Å²) in [4.78, 5) is 11.9. The average Bonchev–Trinajstić information content (AvgIpc) is 3.42. The predicted molar refractivity (Wildman–Crippen MR) is 168 cm³/mol. The van der Waals surface area contributed by atoms with Crippen LogP contribution in [0.25, 0.3) is 69.5 Å². The lowest BCUT2D eigenvalue weighted by Gasteiger charge is -2.07. The standard InChI is InChI=1S/C36H20N4S/c1-38-32-15-31(21-40-22-32)27-8-4-25(5-9-27)29-11-13-36-34(17-29)33-16-28(10-12-35(33)41-36)24-2-6-26(7-3-24)30-14-23(18-37)19-39-20-30/h2-17,19-22H. The lowest BCUT2D eigenvalue weighted by atomic mass is 9.98. The largest absolute Gasteiger partial charge is 0.276 e. The summed E-state index contributed by atoms with van der Waals surface area (Å²) in [7, 11) is 0. The molecule has 0 amide bonds. The molecule has 0 unspecified atom stereocenters. The highest BCUT2D eigenvalue weighted by Crippen LogP contribution is 2.39. The van der Waals surface area contributed by atoms with E-state index in [1.165, 1.54) is 25.7 Å². The molecular weight excluding hydrogens is 520 g/mol. The maximum Gasteiger partial charge on any atom is 0.205 e. The van der Waals surface area contributed by atoms with Crippen LogP contribution in [0.3, 0.4) is 0 Å². The summed E-state index contributed by atoms with van der Waals surface area (Å²) >= 11 is 1.81. The first-order valence-electron chi connectivity index (χ1n) is 13.0. The fraction of sp³-hybridized carbons (Fsp3) is 0. The topological polar surface area (TPSA) is 53.9 Å². The van der Waals surface area contributed by atoms with E-state index in [2.05, 4.69) is 106 Å². The Labute approximate surface area is 241 Å². The van der Waals surface area contributed by atoms with Crippen molar-refractivity contribution >= 4 is 37.2 Å². The van der Waals surface area contributed by atoms with E-state index in [0.717, 1.165) is 38.9 Å². The Morgan fingerprint density at radius 3 is 1.51 bits per heavy atom. The van der Waals surface area contributed by atoms with E-state index in [1.54, 1.807) is 24.8 Å². The highest BCUT2D eigenvalue weighted by atomic mass is 32.1. The zero-order valence-electron chi connectivity index (χ0n) is 21.7. The van der Waals surface area contributed by atoms with Crippen LogP contribution in [0.4, 0.5) is 5.69 Å². The van der Waals surface area contributed by atoms with Gasteiger partial charge in [-0.1, -0.05) is 60.7 Å². The number of hydrogen-bond acceptors (Lipinski definition) is 4. The predicted octanol–water partition coefficient (Wildman–Crippen LogP) is 9.93. The van der Waals surface area contributed by atoms with Crippen LogP contribution >= 0.6 is 11.3 Å². The van der Waals surface area contributed by atoms with Crippen molar-refractivity contribution in [1.29, 1.82) is 5.26 Å². The van der Waals surface area contributed by atoms with Crippen molar-refractivity contribution in [3.8, 4) is 50.6 Å². The summed E-state index contributed by atoms with van der Waals surface area (Å²) in [6.45, 7) is 7.25. The molecule has 0 aliphatic heterocycles. The lowest BCUT2D eigenvalue weighted by molar-refractivity contribution is 1.30. The molecule has 0 bridgehead atoms. The van der Waals surface area contributed by atoms with Crippen molar-refractivity contribution in [1.82, 2.24) is 9.97 Å². The summed E-state index contributed by atoms with van der Waals surface area (Å²) in [6, 6.07) is 36.1. The van der Waals surface area contributed by atoms with Gasteiger partial charge in [0.25, 0.3) is 0 Å². The first-order valence-corrected chi connectivity index (χ1v) is 13.9. The number of rotatable bonds is 4. The molecule has 0 radical (unpaired) electrons. The molecule has 4 nitrogen and oxygen atoms in total. The number of fused-ring (bicyclic) bond motifs is 3. The molecule has 0 N–H and O–H groups in total. The van der Waals surface area contributed by atoms with Gasteiger partial charge in [0.1, 0.15) is 6.07 Å². The number of thiophene rings is 1. The Kier molecular flexibility index (Phi) is 6.06. The van der Waals surface area contributed by atoms with Gasteiger partial charge in [0.15, 0.2) is 0 Å². The Morgan fingerprint density at radius 1 is 0.537 bits per heavy atom. The number of benzene rings is 4. The minimum Gasteiger partial charge on any atom is -0.276 e. The van der Waals surface area contributed by atoms with Crippen LogP contribution in [-0.2, 0) is 0 Å². The number of pyridine rings is 2. The van der Waals surface area contributed by atoms with Gasteiger partial charge in [-0.25, -0.2) is 4.85 Å². The maximum atomic E-state index is 9.20. The first kappa shape index (κ1) is 24.4. The molecule has 7 rings (SSSR count). The molecule has 4 aromatic carbocycles. The summed E-state index contributed by atoms with van der Waals surface area (Å²) in [5.74, 6) is 0. The molecule has 3 heterocycles. The monoisotopic (exact) mass is 540 g/mol. The van der Waals surface area contributed by atoms with Crippen LogP contribution in [0.15, 0.2) is 122 Å². The second kappa shape index (κ2) is 10.2. The smallest absolute Gasteiger partial charge is 0.205 e. The molecule has 41 heavy (non-hydrogen) atoms. The average molecular weight is 541 g/mol. The van der Waals surface area contributed by atoms with Crippen LogP contribution in [0.1, 0.15) is 5.56 Å². The van der Waals surface area contributed by atoms with Crippen LogP contribution in [0.2, 0.25) is 0 Å². The number of nitrogens with zero attached hydrogens (tertiary/aromatic N) is 4. The SMILES string of the molecule is [C-]#[N+]c1cncc(-c2ccc(-c3ccc4sc5ccc(-c6ccc(-c7cncc(C#N)c7)cc6)cc5c4c3)cc2)c1. The first-order chi connectivity index (χ1) is 20.2. The maximum absolute atomic E-state index is 9.20. The van der Waals surface area contributed by atoms with Gasteiger partial charge < -0.3 is 0 Å². The van der Waals surface area contributed by atoms with E-state index in [4.69, 9.17) is 6.57 Å². The van der Waals surface area contributed by atoms with Crippen LogP contribution in [0.5, 0.6) is 0 Å². The van der Waals surface area contributed by atoms with Crippen molar-refractivity contribution in [3.05, 3.63) is 139 Å². The summed E-state index contributed by atoms with van der Waals surface area (Å²) < 4.78 is 2.53. The van der Waals surface area contributed by atoms with Crippen molar-refractivity contribution in [2.45, 2.75) is 0 Å². The number of nitriles is 1. The second-order valence-corrected chi connectivity index (χ2v) is 10.9. The van der Waals surface area contributed by atoms with Gasteiger partial charge in [-0.3, -0.25) is 9.97 Å². The lowest BCUT2D eigenvalue weighted by Crippen LogP contribution is -1.84. The normalized spacial score (nSPS) is 10.9. The van der Waals surface area contributed by atoms with Crippen molar-refractivity contribution in [3.63, 3.8) is 0 Å². The molecule has 0 aliphatic rings. The van der Waals surface area contributed by atoms with Crippen LogP contribution in [-0.4, -0.2) is 9.97 Å². The zero-order chi connectivity index (χ0) is 27.8. The fourth-order valence-corrected chi connectivity index (χ4v) is 6.22. The fourth-order valence-electron chi connectivity index (χ4n) is 5.15. The van der Waals surface area contributed by atoms with E-state index < -0.39 is 0 Å². The Bertz CT molecular complexity index is 2010. The molecule has 0 aliphatic carbocycles. The van der Waals surface area contributed by atoms with Crippen LogP contribution < -0.4 is 0 Å². The molecule has 0 spiro atoms. The highest BCUT2D eigenvalue weighted by molar-refractivity contribution is 7.25. The molecule has 0 saturated carbocycles. The van der Waals surface area contributed by atoms with Gasteiger partial charge >= 0.3 is 0 Å². The quantitative estimate of drug-likeness (QED) is 0.209. The minimum absolute atomic E-state index is 0.541. The van der Waals surface area contributed by atoms with Gasteiger partial charge in [0.05, 0.1) is 12.1 Å². The van der Waals surface area contributed by atoms with Gasteiger partial charge in [0, 0.05) is 50.5 Å². The van der Waals surface area contributed by atoms with Gasteiger partial charge in [-0.2, -0.15) is 5.26 Å². The second-order valence-electron chi connectivity index (χ2n) is 9.80. The number of hydrogen-bond donors (Lipinski definition) is 0. The van der Waals surface area contributed by atoms with Gasteiger partial charge in [-0.15, -0.1) is 11.3 Å². The highest BCUT2D eigenvalue weighted by Gasteiger charge is 2.10. The third-order valence-corrected chi connectivity index (χ3v) is 8.44. The van der Waals surface area contributed by atoms with Crippen molar-refractivity contribution < 1.29 is 0 Å². The van der Waals surface area contributed by atoms with Gasteiger partial charge in [0.2, 0.25) is 5.69 Å². The molecule has 3 aromatic heterocycles. The van der Waals surface area contributed by atoms with Crippen molar-refractivity contribution in [2.75, 3.05) is 0 Å². The number of aromatic nitrogens is 2. The Hall–Kier alpha value is -5.62. The molecule has 0 fully saturated rings. The Morgan fingerprint density at radius 2 is 1.00 bits per heavy atom. The molecule has 5 heteroatoms. The summed E-state index contributed by atoms with van der Waals surface area (Å²) in [5.41, 5.74) is 9.66. The minimum atomic E-state index is 0.541. The molecule has 0 saturated heterocycles. The molecular formula is C36H20N4S. The third kappa shape index (κ3) is 4.61. The van der Waals surface area contributed by atoms with E-state index in [0.29, 0.717) is 11.3 Å². The van der Waals surface area contributed by atoms with Crippen molar-refractivity contribution in [2.24, 2.45) is 0 Å². The van der Waals surface area contributed by atoms with Gasteiger partial charge in [-0.05, 0) is 75.3 Å². The van der Waals surface area contributed by atoms with E-state index in [-0.39, 0.29) is 0 Å². The van der Waals surface area contributed by atoms with E-state index >= 15 is 0 Å². The zero-order valence-corrected chi connectivity index (χ0v) is 22.6. The summed E-state index contributed by atoms with van der Waals surface area (Å²) in [5, 5.41) is 11.7. The Balaban J connectivity index is 1.22. The third-order valence-electron chi connectivity index (χ3n) is 7.29. The summed E-state index contributed by atoms with van der Waals surface area (Å²) in [6.07, 6.45) is 6.74. The molecule has 190 valence electrons. The van der Waals surface area contributed by atoms with E-state index in [1.807, 2.05) is 23.5 Å². The molecule has 0 atom stereocenters.